The minimum Gasteiger partial charge on any atom is -0.457 e. The molecule has 214 valence electrons. The van der Waals surface area contributed by atoms with E-state index < -0.39 is 47.1 Å². The van der Waals surface area contributed by atoms with Gasteiger partial charge in [-0.05, 0) is 48.5 Å². The highest BCUT2D eigenvalue weighted by Crippen LogP contribution is 2.39. The van der Waals surface area contributed by atoms with Crippen LogP contribution < -0.4 is 19.3 Å². The molecule has 0 saturated carbocycles. The van der Waals surface area contributed by atoms with Crippen LogP contribution in [0.1, 0.15) is 11.1 Å². The van der Waals surface area contributed by atoms with E-state index in [2.05, 4.69) is 0 Å². The summed E-state index contributed by atoms with van der Waals surface area (Å²) in [6, 6.07) is 9.65. The third-order valence-electron chi connectivity index (χ3n) is 5.87. The summed E-state index contributed by atoms with van der Waals surface area (Å²) in [5.74, 6) is -4.10. The van der Waals surface area contributed by atoms with Gasteiger partial charge in [-0.25, -0.2) is 9.80 Å². The number of hydrogen-bond acceptors (Lipinski definition) is 6. The summed E-state index contributed by atoms with van der Waals surface area (Å²) in [5.41, 5.74) is -3.11. The van der Waals surface area contributed by atoms with Crippen molar-refractivity contribution in [1.29, 1.82) is 0 Å². The topological polar surface area (TPSA) is 93.2 Å². The van der Waals surface area contributed by atoms with Crippen LogP contribution in [-0.2, 0) is 31.5 Å². The van der Waals surface area contributed by atoms with E-state index in [4.69, 9.17) is 9.47 Å². The van der Waals surface area contributed by atoms with E-state index in [0.717, 1.165) is 36.4 Å². The summed E-state index contributed by atoms with van der Waals surface area (Å²) in [4.78, 5) is 49.0. The highest BCUT2D eigenvalue weighted by Gasteiger charge is 2.35. The van der Waals surface area contributed by atoms with Crippen molar-refractivity contribution in [2.24, 2.45) is 0 Å². The van der Waals surface area contributed by atoms with Crippen LogP contribution in [0.4, 0.5) is 37.7 Å². The van der Waals surface area contributed by atoms with Crippen molar-refractivity contribution in [2.75, 3.05) is 9.80 Å². The fraction of sp³-hybridized carbons (Fsp3) is 0.0714. The van der Waals surface area contributed by atoms with Gasteiger partial charge in [0.1, 0.15) is 23.0 Å². The maximum Gasteiger partial charge on any atom is 0.416 e. The molecular weight excluding hydrogens is 574 g/mol. The Morgan fingerprint density at radius 2 is 0.762 bits per heavy atom. The first-order valence-corrected chi connectivity index (χ1v) is 11.7. The quantitative estimate of drug-likeness (QED) is 0.253. The van der Waals surface area contributed by atoms with Gasteiger partial charge in [-0.1, -0.05) is 0 Å². The van der Waals surface area contributed by atoms with E-state index in [0.29, 0.717) is 34.1 Å². The van der Waals surface area contributed by atoms with E-state index in [1.165, 1.54) is 24.3 Å². The van der Waals surface area contributed by atoms with Crippen LogP contribution in [0.3, 0.4) is 0 Å². The van der Waals surface area contributed by atoms with Crippen LogP contribution in [0, 0.1) is 0 Å². The Balaban J connectivity index is 1.40. The highest BCUT2D eigenvalue weighted by molar-refractivity contribution is 6.28. The van der Waals surface area contributed by atoms with E-state index >= 15 is 0 Å². The SMILES string of the molecule is O=C1C=CC(=O)N1c1cc(Oc2ccc(Oc3cc(N4C(=O)C=CC4=O)cc(C(F)(F)F)c3)cc2)cc(C(F)(F)F)c1. The molecule has 0 bridgehead atoms. The monoisotopic (exact) mass is 588 g/mol. The van der Waals surface area contributed by atoms with Gasteiger partial charge in [0, 0.05) is 36.4 Å². The fourth-order valence-electron chi connectivity index (χ4n) is 4.03. The Kier molecular flexibility index (Phi) is 6.84. The first-order valence-electron chi connectivity index (χ1n) is 11.7. The lowest BCUT2D eigenvalue weighted by atomic mass is 10.1. The Morgan fingerprint density at radius 1 is 0.452 bits per heavy atom. The third-order valence-corrected chi connectivity index (χ3v) is 5.87. The summed E-state index contributed by atoms with van der Waals surface area (Å²) in [6.07, 6.45) is -6.04. The summed E-state index contributed by atoms with van der Waals surface area (Å²) in [7, 11) is 0. The number of benzene rings is 3. The second-order valence-corrected chi connectivity index (χ2v) is 8.79. The van der Waals surface area contributed by atoms with Crippen LogP contribution in [0.5, 0.6) is 23.0 Å². The molecule has 3 aromatic rings. The Labute approximate surface area is 231 Å². The second kappa shape index (κ2) is 10.2. The van der Waals surface area contributed by atoms with E-state index in [1.807, 2.05) is 0 Å². The number of imide groups is 2. The maximum atomic E-state index is 13.5. The maximum absolute atomic E-state index is 13.5. The number of anilines is 2. The molecular formula is C28H14F6N2O6. The number of hydrogen-bond donors (Lipinski definition) is 0. The molecule has 5 rings (SSSR count). The second-order valence-electron chi connectivity index (χ2n) is 8.79. The van der Waals surface area contributed by atoms with Crippen LogP contribution >= 0.6 is 0 Å². The van der Waals surface area contributed by atoms with E-state index in [-0.39, 0.29) is 34.4 Å². The summed E-state index contributed by atoms with van der Waals surface area (Å²) < 4.78 is 92.1. The number of halogens is 6. The predicted octanol–water partition coefficient (Wildman–Crippen LogP) is 6.17. The van der Waals surface area contributed by atoms with Gasteiger partial charge in [-0.3, -0.25) is 19.2 Å². The number of carbonyl (C=O) groups excluding carboxylic acids is 4. The molecule has 0 spiro atoms. The van der Waals surface area contributed by atoms with Gasteiger partial charge in [-0.2, -0.15) is 26.3 Å². The third kappa shape index (κ3) is 5.73. The summed E-state index contributed by atoms with van der Waals surface area (Å²) in [6.45, 7) is 0. The molecule has 3 aromatic carbocycles. The molecule has 8 nitrogen and oxygen atoms in total. The molecule has 0 fully saturated rings. The Morgan fingerprint density at radius 3 is 1.05 bits per heavy atom. The van der Waals surface area contributed by atoms with Crippen molar-refractivity contribution in [3.63, 3.8) is 0 Å². The zero-order valence-electron chi connectivity index (χ0n) is 20.7. The van der Waals surface area contributed by atoms with E-state index in [1.54, 1.807) is 0 Å². The van der Waals surface area contributed by atoms with Crippen molar-refractivity contribution in [3.8, 4) is 23.0 Å². The Hall–Kier alpha value is -5.40. The minimum absolute atomic E-state index is 0.0195. The zero-order chi connectivity index (χ0) is 30.4. The number of nitrogens with zero attached hydrogens (tertiary/aromatic N) is 2. The van der Waals surface area contributed by atoms with Crippen molar-refractivity contribution < 1.29 is 55.0 Å². The van der Waals surface area contributed by atoms with Gasteiger partial charge in [0.15, 0.2) is 0 Å². The van der Waals surface area contributed by atoms with Gasteiger partial charge in [0.05, 0.1) is 22.5 Å². The van der Waals surface area contributed by atoms with Crippen molar-refractivity contribution in [3.05, 3.63) is 96.1 Å². The van der Waals surface area contributed by atoms with Crippen LogP contribution in [0.15, 0.2) is 85.0 Å². The molecule has 0 atom stereocenters. The van der Waals surface area contributed by atoms with Gasteiger partial charge >= 0.3 is 12.4 Å². The van der Waals surface area contributed by atoms with Crippen LogP contribution in [0.2, 0.25) is 0 Å². The minimum atomic E-state index is -4.84. The standard InChI is InChI=1S/C28H14F6N2O6/c29-27(30,31)15-9-17(35-23(37)5-6-24(35)38)13-21(11-15)41-19-1-2-20(4-3-19)42-22-12-16(28(32,33)34)10-18(14-22)36-25(39)7-8-26(36)40/h1-14H. The number of alkyl halides is 6. The molecule has 0 aliphatic carbocycles. The Bertz CT molecular complexity index is 1530. The molecule has 14 heteroatoms. The van der Waals surface area contributed by atoms with Gasteiger partial charge in [-0.15, -0.1) is 0 Å². The number of ether oxygens (including phenoxy) is 2. The molecule has 0 aromatic heterocycles. The summed E-state index contributed by atoms with van der Waals surface area (Å²) >= 11 is 0. The molecule has 2 heterocycles. The average molecular weight is 588 g/mol. The molecule has 42 heavy (non-hydrogen) atoms. The number of amides is 4. The smallest absolute Gasteiger partial charge is 0.416 e. The van der Waals surface area contributed by atoms with Crippen molar-refractivity contribution >= 4 is 35.0 Å². The first-order chi connectivity index (χ1) is 19.7. The number of carbonyl (C=O) groups is 4. The summed E-state index contributed by atoms with van der Waals surface area (Å²) in [5, 5.41) is 0. The molecule has 2 aliphatic rings. The first kappa shape index (κ1) is 28.1. The predicted molar refractivity (Wildman–Crippen MR) is 133 cm³/mol. The molecule has 0 saturated heterocycles. The van der Waals surface area contributed by atoms with Gasteiger partial charge in [0.25, 0.3) is 23.6 Å². The molecule has 4 amide bonds. The largest absolute Gasteiger partial charge is 0.457 e. The lowest BCUT2D eigenvalue weighted by Gasteiger charge is -2.19. The van der Waals surface area contributed by atoms with Crippen molar-refractivity contribution in [2.45, 2.75) is 12.4 Å². The molecule has 0 unspecified atom stereocenters. The average Bonchev–Trinajstić information content (AvgIpc) is 3.43. The van der Waals surface area contributed by atoms with Gasteiger partial charge in [0.2, 0.25) is 0 Å². The van der Waals surface area contributed by atoms with Crippen LogP contribution in [0.25, 0.3) is 0 Å². The molecule has 0 N–H and O–H groups in total. The fourth-order valence-corrected chi connectivity index (χ4v) is 4.03. The molecule has 0 radical (unpaired) electrons. The van der Waals surface area contributed by atoms with Crippen molar-refractivity contribution in [1.82, 2.24) is 0 Å². The molecule has 2 aliphatic heterocycles. The highest BCUT2D eigenvalue weighted by atomic mass is 19.4. The zero-order valence-corrected chi connectivity index (χ0v) is 20.7. The lowest BCUT2D eigenvalue weighted by Crippen LogP contribution is -2.29. The van der Waals surface area contributed by atoms with Crippen LogP contribution in [-0.4, -0.2) is 23.6 Å². The number of rotatable bonds is 6. The van der Waals surface area contributed by atoms with E-state index in [9.17, 15) is 45.5 Å². The normalized spacial score (nSPS) is 15.3. The lowest BCUT2D eigenvalue weighted by molar-refractivity contribution is -0.138. The van der Waals surface area contributed by atoms with Gasteiger partial charge < -0.3 is 9.47 Å².